The van der Waals surface area contributed by atoms with Crippen molar-refractivity contribution in [3.05, 3.63) is 29.8 Å². The summed E-state index contributed by atoms with van der Waals surface area (Å²) in [5, 5.41) is 9.34. The van der Waals surface area contributed by atoms with Gasteiger partial charge in [0.2, 0.25) is 0 Å². The molecule has 1 aromatic carbocycles. The fourth-order valence-electron chi connectivity index (χ4n) is 1.87. The molecule has 1 N–H and O–H groups in total. The zero-order valence-electron chi connectivity index (χ0n) is 10.1. The molecule has 0 aliphatic carbocycles. The molecule has 0 bridgehead atoms. The summed E-state index contributed by atoms with van der Waals surface area (Å²) in [6.07, 6.45) is 4.02. The highest BCUT2D eigenvalue weighted by Gasteiger charge is 2.17. The largest absolute Gasteiger partial charge is 0.508 e. The number of hydrogen-bond acceptors (Lipinski definition) is 2. The van der Waals surface area contributed by atoms with E-state index in [1.54, 1.807) is 24.3 Å². The van der Waals surface area contributed by atoms with Crippen LogP contribution in [0.3, 0.4) is 0 Å². The van der Waals surface area contributed by atoms with E-state index in [2.05, 4.69) is 6.92 Å². The second-order valence-corrected chi connectivity index (χ2v) is 4.16. The zero-order chi connectivity index (χ0) is 12.0. The van der Waals surface area contributed by atoms with Crippen LogP contribution in [0.4, 0.5) is 0 Å². The van der Waals surface area contributed by atoms with E-state index in [9.17, 15) is 9.90 Å². The van der Waals surface area contributed by atoms with Crippen molar-refractivity contribution in [2.24, 2.45) is 5.92 Å². The van der Waals surface area contributed by atoms with Gasteiger partial charge in [-0.15, -0.1) is 0 Å². The minimum absolute atomic E-state index is 0.0988. The van der Waals surface area contributed by atoms with Crippen LogP contribution in [0.5, 0.6) is 5.75 Å². The number of Topliss-reactive ketones (excluding diaryl/α,β-unsaturated/α-hetero) is 1. The van der Waals surface area contributed by atoms with Crippen molar-refractivity contribution in [3.8, 4) is 5.75 Å². The van der Waals surface area contributed by atoms with Crippen molar-refractivity contribution in [1.29, 1.82) is 0 Å². The van der Waals surface area contributed by atoms with Gasteiger partial charge in [0.1, 0.15) is 5.75 Å². The third kappa shape index (κ3) is 3.37. The number of carbonyl (C=O) groups is 1. The smallest absolute Gasteiger partial charge is 0.166 e. The van der Waals surface area contributed by atoms with Crippen LogP contribution in [0.1, 0.15) is 49.9 Å². The minimum atomic E-state index is 0.0988. The van der Waals surface area contributed by atoms with Crippen LogP contribution in [-0.2, 0) is 0 Å². The molecule has 1 atom stereocenters. The maximum Gasteiger partial charge on any atom is 0.166 e. The van der Waals surface area contributed by atoms with Gasteiger partial charge in [0.25, 0.3) is 0 Å². The maximum absolute atomic E-state index is 12.1. The van der Waals surface area contributed by atoms with Gasteiger partial charge < -0.3 is 5.11 Å². The highest BCUT2D eigenvalue weighted by molar-refractivity contribution is 5.98. The second-order valence-electron chi connectivity index (χ2n) is 4.16. The van der Waals surface area contributed by atoms with Gasteiger partial charge in [-0.3, -0.25) is 4.79 Å². The Kier molecular flexibility index (Phi) is 5.03. The summed E-state index contributed by atoms with van der Waals surface area (Å²) in [4.78, 5) is 12.1. The molecule has 0 aromatic heterocycles. The van der Waals surface area contributed by atoms with E-state index in [1.165, 1.54) is 0 Å². The molecule has 2 heteroatoms. The molecule has 0 fully saturated rings. The Labute approximate surface area is 97.3 Å². The first-order chi connectivity index (χ1) is 7.69. The Morgan fingerprint density at radius 1 is 1.38 bits per heavy atom. The molecule has 1 rings (SSSR count). The third-order valence-corrected chi connectivity index (χ3v) is 2.90. The summed E-state index contributed by atoms with van der Waals surface area (Å²) in [6, 6.07) is 6.63. The Balaban J connectivity index is 2.74. The van der Waals surface area contributed by atoms with Gasteiger partial charge in [-0.2, -0.15) is 0 Å². The lowest BCUT2D eigenvalue weighted by Gasteiger charge is -2.13. The first kappa shape index (κ1) is 12.8. The average Bonchev–Trinajstić information content (AvgIpc) is 2.29. The van der Waals surface area contributed by atoms with Gasteiger partial charge in [0.15, 0.2) is 5.78 Å². The lowest BCUT2D eigenvalue weighted by Crippen LogP contribution is -2.13. The summed E-state index contributed by atoms with van der Waals surface area (Å²) in [5.74, 6) is 0.421. The Morgan fingerprint density at radius 2 is 2.12 bits per heavy atom. The number of phenols is 1. The molecular weight excluding hydrogens is 200 g/mol. The van der Waals surface area contributed by atoms with Crippen molar-refractivity contribution in [2.75, 3.05) is 0 Å². The number of ketones is 1. The van der Waals surface area contributed by atoms with E-state index >= 15 is 0 Å². The molecule has 0 amide bonds. The summed E-state index contributed by atoms with van der Waals surface area (Å²) >= 11 is 0. The number of benzene rings is 1. The molecular formula is C14H20O2. The van der Waals surface area contributed by atoms with Crippen LogP contribution >= 0.6 is 0 Å². The normalized spacial score (nSPS) is 12.4. The molecule has 0 radical (unpaired) electrons. The van der Waals surface area contributed by atoms with Crippen molar-refractivity contribution in [1.82, 2.24) is 0 Å². The van der Waals surface area contributed by atoms with Gasteiger partial charge in [0.05, 0.1) is 0 Å². The predicted molar refractivity (Wildman–Crippen MR) is 65.7 cm³/mol. The molecule has 0 aliphatic rings. The molecule has 1 unspecified atom stereocenters. The monoisotopic (exact) mass is 220 g/mol. The topological polar surface area (TPSA) is 37.3 Å². The molecule has 1 aromatic rings. The SMILES string of the molecule is CCCCC(CC)C(=O)c1cccc(O)c1. The Bertz CT molecular complexity index is 344. The number of rotatable bonds is 6. The van der Waals surface area contributed by atoms with E-state index in [4.69, 9.17) is 0 Å². The number of carbonyl (C=O) groups excluding carboxylic acids is 1. The molecule has 0 saturated heterocycles. The molecule has 88 valence electrons. The van der Waals surface area contributed by atoms with Crippen molar-refractivity contribution in [2.45, 2.75) is 39.5 Å². The van der Waals surface area contributed by atoms with Gasteiger partial charge in [-0.05, 0) is 25.0 Å². The van der Waals surface area contributed by atoms with Gasteiger partial charge in [0, 0.05) is 11.5 Å². The highest BCUT2D eigenvalue weighted by atomic mass is 16.3. The van der Waals surface area contributed by atoms with Gasteiger partial charge in [-0.1, -0.05) is 38.8 Å². The highest BCUT2D eigenvalue weighted by Crippen LogP contribution is 2.20. The molecule has 0 saturated carbocycles. The fourth-order valence-corrected chi connectivity index (χ4v) is 1.87. The molecule has 0 aliphatic heterocycles. The number of phenolic OH excluding ortho intramolecular Hbond substituents is 1. The van der Waals surface area contributed by atoms with Crippen molar-refractivity contribution >= 4 is 5.78 Å². The van der Waals surface area contributed by atoms with Gasteiger partial charge >= 0.3 is 0 Å². The fraction of sp³-hybridized carbons (Fsp3) is 0.500. The lowest BCUT2D eigenvalue weighted by atomic mass is 9.90. The number of unbranched alkanes of at least 4 members (excludes halogenated alkanes) is 1. The second kappa shape index (κ2) is 6.31. The van der Waals surface area contributed by atoms with E-state index in [-0.39, 0.29) is 17.5 Å². The van der Waals surface area contributed by atoms with Crippen LogP contribution in [0.2, 0.25) is 0 Å². The van der Waals surface area contributed by atoms with Crippen LogP contribution in [-0.4, -0.2) is 10.9 Å². The van der Waals surface area contributed by atoms with E-state index in [0.717, 1.165) is 25.7 Å². The van der Waals surface area contributed by atoms with Gasteiger partial charge in [-0.25, -0.2) is 0 Å². The van der Waals surface area contributed by atoms with E-state index in [1.807, 2.05) is 6.92 Å². The molecule has 0 heterocycles. The minimum Gasteiger partial charge on any atom is -0.508 e. The van der Waals surface area contributed by atoms with Crippen LogP contribution in [0.25, 0.3) is 0 Å². The first-order valence-electron chi connectivity index (χ1n) is 6.02. The molecule has 16 heavy (non-hydrogen) atoms. The standard InChI is InChI=1S/C14H20O2/c1-3-5-7-11(4-2)14(16)12-8-6-9-13(15)10-12/h6,8-11,15H,3-5,7H2,1-2H3. The summed E-state index contributed by atoms with van der Waals surface area (Å²) in [6.45, 7) is 4.17. The Hall–Kier alpha value is -1.31. The zero-order valence-corrected chi connectivity index (χ0v) is 10.1. The molecule has 2 nitrogen and oxygen atoms in total. The number of aromatic hydroxyl groups is 1. The first-order valence-corrected chi connectivity index (χ1v) is 6.02. The molecule has 0 spiro atoms. The summed E-state index contributed by atoms with van der Waals surface area (Å²) in [5.41, 5.74) is 0.628. The van der Waals surface area contributed by atoms with E-state index < -0.39 is 0 Å². The van der Waals surface area contributed by atoms with Crippen LogP contribution in [0.15, 0.2) is 24.3 Å². The average molecular weight is 220 g/mol. The van der Waals surface area contributed by atoms with Crippen molar-refractivity contribution in [3.63, 3.8) is 0 Å². The summed E-state index contributed by atoms with van der Waals surface area (Å²) in [7, 11) is 0. The summed E-state index contributed by atoms with van der Waals surface area (Å²) < 4.78 is 0. The quantitative estimate of drug-likeness (QED) is 0.740. The van der Waals surface area contributed by atoms with Crippen LogP contribution in [0, 0.1) is 5.92 Å². The maximum atomic E-state index is 12.1. The predicted octanol–water partition coefficient (Wildman–Crippen LogP) is 3.79. The Morgan fingerprint density at radius 3 is 2.69 bits per heavy atom. The van der Waals surface area contributed by atoms with Crippen LogP contribution < -0.4 is 0 Å². The number of hydrogen-bond donors (Lipinski definition) is 1. The third-order valence-electron chi connectivity index (χ3n) is 2.90. The lowest BCUT2D eigenvalue weighted by molar-refractivity contribution is 0.0908. The van der Waals surface area contributed by atoms with E-state index in [0.29, 0.717) is 5.56 Å². The van der Waals surface area contributed by atoms with Crippen molar-refractivity contribution < 1.29 is 9.90 Å².